The van der Waals surface area contributed by atoms with Gasteiger partial charge in [-0.05, 0) is 42.9 Å². The number of rotatable bonds is 9. The molecule has 1 aromatic rings. The molecular formula is C27H41N5O5. The lowest BCUT2D eigenvalue weighted by molar-refractivity contribution is -0.145. The SMILES string of the molecule is CC(C)(C)[C@H](NC(=O)[C@@H](NC(=O)[C@@H](NC(=O)c1cnccn1)C1CCCCC1)C1CCCCC1)C(=O)O. The van der Waals surface area contributed by atoms with Gasteiger partial charge in [-0.25, -0.2) is 9.78 Å². The third-order valence-electron chi connectivity index (χ3n) is 7.59. The number of hydrogen-bond acceptors (Lipinski definition) is 6. The van der Waals surface area contributed by atoms with Crippen LogP contribution in [0.1, 0.15) is 95.5 Å². The predicted octanol–water partition coefficient (Wildman–Crippen LogP) is 2.84. The largest absolute Gasteiger partial charge is 0.480 e. The van der Waals surface area contributed by atoms with E-state index in [1.807, 2.05) is 0 Å². The number of carbonyl (C=O) groups is 4. The minimum atomic E-state index is -1.12. The fourth-order valence-electron chi connectivity index (χ4n) is 5.49. The Morgan fingerprint density at radius 2 is 1.32 bits per heavy atom. The molecule has 3 amide bonds. The third-order valence-corrected chi connectivity index (χ3v) is 7.59. The molecule has 2 saturated carbocycles. The molecule has 0 unspecified atom stereocenters. The van der Waals surface area contributed by atoms with Crippen molar-refractivity contribution in [2.24, 2.45) is 17.3 Å². The Hall–Kier alpha value is -3.04. The lowest BCUT2D eigenvalue weighted by Crippen LogP contribution is -2.61. The predicted molar refractivity (Wildman–Crippen MR) is 137 cm³/mol. The molecule has 0 radical (unpaired) electrons. The molecule has 204 valence electrons. The molecule has 0 bridgehead atoms. The molecule has 10 nitrogen and oxygen atoms in total. The minimum Gasteiger partial charge on any atom is -0.480 e. The molecule has 37 heavy (non-hydrogen) atoms. The molecule has 0 aliphatic heterocycles. The minimum absolute atomic E-state index is 0.0641. The summed E-state index contributed by atoms with van der Waals surface area (Å²) in [6.45, 7) is 5.25. The maximum atomic E-state index is 13.7. The molecule has 3 rings (SSSR count). The zero-order valence-electron chi connectivity index (χ0n) is 22.2. The van der Waals surface area contributed by atoms with E-state index in [2.05, 4.69) is 25.9 Å². The van der Waals surface area contributed by atoms with E-state index in [4.69, 9.17) is 0 Å². The van der Waals surface area contributed by atoms with Crippen LogP contribution < -0.4 is 16.0 Å². The first-order chi connectivity index (χ1) is 17.6. The Labute approximate surface area is 218 Å². The van der Waals surface area contributed by atoms with Crippen molar-refractivity contribution >= 4 is 23.7 Å². The van der Waals surface area contributed by atoms with Gasteiger partial charge in [0.2, 0.25) is 11.8 Å². The highest BCUT2D eigenvalue weighted by atomic mass is 16.4. The van der Waals surface area contributed by atoms with Crippen LogP contribution in [0.25, 0.3) is 0 Å². The summed E-state index contributed by atoms with van der Waals surface area (Å²) in [4.78, 5) is 60.0. The van der Waals surface area contributed by atoms with E-state index in [9.17, 15) is 24.3 Å². The number of aromatic nitrogens is 2. The highest BCUT2D eigenvalue weighted by Gasteiger charge is 2.40. The van der Waals surface area contributed by atoms with Crippen molar-refractivity contribution in [1.82, 2.24) is 25.9 Å². The van der Waals surface area contributed by atoms with E-state index in [0.717, 1.165) is 64.2 Å². The normalized spacial score (nSPS) is 19.8. The van der Waals surface area contributed by atoms with Crippen molar-refractivity contribution in [2.45, 2.75) is 103 Å². The van der Waals surface area contributed by atoms with E-state index >= 15 is 0 Å². The average molecular weight is 516 g/mol. The summed E-state index contributed by atoms with van der Waals surface area (Å²) in [5.74, 6) is -2.69. The van der Waals surface area contributed by atoms with Gasteiger partial charge < -0.3 is 21.1 Å². The maximum absolute atomic E-state index is 13.7. The topological polar surface area (TPSA) is 150 Å². The molecular weight excluding hydrogens is 474 g/mol. The van der Waals surface area contributed by atoms with Gasteiger partial charge in [-0.3, -0.25) is 19.4 Å². The van der Waals surface area contributed by atoms with Crippen LogP contribution in [0, 0.1) is 17.3 Å². The summed E-state index contributed by atoms with van der Waals surface area (Å²) >= 11 is 0. The number of carboxylic acids is 1. The fraction of sp³-hybridized carbons (Fsp3) is 0.704. The van der Waals surface area contributed by atoms with E-state index in [0.29, 0.717) is 0 Å². The van der Waals surface area contributed by atoms with Crippen molar-refractivity contribution in [2.75, 3.05) is 0 Å². The Bertz CT molecular complexity index is 936. The van der Waals surface area contributed by atoms with Crippen LogP contribution in [0.2, 0.25) is 0 Å². The summed E-state index contributed by atoms with van der Waals surface area (Å²) < 4.78 is 0. The number of hydrogen-bond donors (Lipinski definition) is 4. The smallest absolute Gasteiger partial charge is 0.326 e. The van der Waals surface area contributed by atoms with Gasteiger partial charge in [0.05, 0.1) is 6.20 Å². The Morgan fingerprint density at radius 1 is 0.811 bits per heavy atom. The van der Waals surface area contributed by atoms with Gasteiger partial charge in [0.15, 0.2) is 0 Å². The lowest BCUT2D eigenvalue weighted by Gasteiger charge is -2.35. The molecule has 0 spiro atoms. The first-order valence-electron chi connectivity index (χ1n) is 13.5. The van der Waals surface area contributed by atoms with Gasteiger partial charge in [-0.15, -0.1) is 0 Å². The number of aliphatic carboxylic acids is 1. The first-order valence-corrected chi connectivity index (χ1v) is 13.5. The van der Waals surface area contributed by atoms with Gasteiger partial charge >= 0.3 is 5.97 Å². The second-order valence-corrected chi connectivity index (χ2v) is 11.5. The Balaban J connectivity index is 1.83. The van der Waals surface area contributed by atoms with Crippen LogP contribution in [-0.4, -0.2) is 56.9 Å². The van der Waals surface area contributed by atoms with Gasteiger partial charge in [-0.2, -0.15) is 0 Å². The van der Waals surface area contributed by atoms with Crippen LogP contribution in [-0.2, 0) is 14.4 Å². The average Bonchev–Trinajstić information content (AvgIpc) is 2.89. The fourth-order valence-corrected chi connectivity index (χ4v) is 5.49. The van der Waals surface area contributed by atoms with E-state index in [1.165, 1.54) is 18.6 Å². The number of carbonyl (C=O) groups excluding carboxylic acids is 3. The number of carboxylic acid groups (broad SMARTS) is 1. The molecule has 2 aliphatic rings. The van der Waals surface area contributed by atoms with Gasteiger partial charge in [0.1, 0.15) is 23.8 Å². The van der Waals surface area contributed by atoms with Gasteiger partial charge in [0, 0.05) is 12.4 Å². The van der Waals surface area contributed by atoms with Crippen LogP contribution in [0.4, 0.5) is 0 Å². The number of amides is 3. The number of nitrogens with one attached hydrogen (secondary N) is 3. The standard InChI is InChI=1S/C27H41N5O5/c1-27(2,3)22(26(36)37)32-25(35)21(18-12-8-5-9-13-18)31-24(34)20(17-10-6-4-7-11-17)30-23(33)19-16-28-14-15-29-19/h14-18,20-22H,4-13H2,1-3H3,(H,30,33)(H,31,34)(H,32,35)(H,36,37)/t20-,21-,22+/m0/s1. The molecule has 0 saturated heterocycles. The molecule has 1 aromatic heterocycles. The van der Waals surface area contributed by atoms with Crippen LogP contribution >= 0.6 is 0 Å². The van der Waals surface area contributed by atoms with Crippen LogP contribution in [0.5, 0.6) is 0 Å². The highest BCUT2D eigenvalue weighted by Crippen LogP contribution is 2.30. The molecule has 3 atom stereocenters. The van der Waals surface area contributed by atoms with Crippen molar-refractivity contribution in [1.29, 1.82) is 0 Å². The third kappa shape index (κ3) is 7.97. The maximum Gasteiger partial charge on any atom is 0.326 e. The highest BCUT2D eigenvalue weighted by molar-refractivity contribution is 5.97. The van der Waals surface area contributed by atoms with Gasteiger partial charge in [-0.1, -0.05) is 59.3 Å². The Kier molecular flexibility index (Phi) is 10.00. The summed E-state index contributed by atoms with van der Waals surface area (Å²) in [7, 11) is 0. The first kappa shape index (κ1) is 28.5. The zero-order chi connectivity index (χ0) is 27.0. The van der Waals surface area contributed by atoms with Crippen molar-refractivity contribution in [3.05, 3.63) is 24.3 Å². The summed E-state index contributed by atoms with van der Waals surface area (Å²) in [5, 5.41) is 18.2. The van der Waals surface area contributed by atoms with E-state index in [-0.39, 0.29) is 17.5 Å². The summed E-state index contributed by atoms with van der Waals surface area (Å²) in [5.41, 5.74) is -0.593. The second kappa shape index (κ2) is 13.0. The van der Waals surface area contributed by atoms with E-state index < -0.39 is 47.2 Å². The van der Waals surface area contributed by atoms with Crippen molar-refractivity contribution in [3.8, 4) is 0 Å². The van der Waals surface area contributed by atoms with Crippen LogP contribution in [0.3, 0.4) is 0 Å². The molecule has 1 heterocycles. The zero-order valence-corrected chi connectivity index (χ0v) is 22.2. The molecule has 10 heteroatoms. The lowest BCUT2D eigenvalue weighted by atomic mass is 9.81. The molecule has 4 N–H and O–H groups in total. The van der Waals surface area contributed by atoms with Crippen LogP contribution in [0.15, 0.2) is 18.6 Å². The second-order valence-electron chi connectivity index (χ2n) is 11.5. The quantitative estimate of drug-likeness (QED) is 0.395. The molecule has 2 fully saturated rings. The molecule has 0 aromatic carbocycles. The Morgan fingerprint density at radius 3 is 1.78 bits per heavy atom. The monoisotopic (exact) mass is 515 g/mol. The molecule has 2 aliphatic carbocycles. The van der Waals surface area contributed by atoms with Gasteiger partial charge in [0.25, 0.3) is 5.91 Å². The van der Waals surface area contributed by atoms with Crippen molar-refractivity contribution in [3.63, 3.8) is 0 Å². The van der Waals surface area contributed by atoms with E-state index in [1.54, 1.807) is 20.8 Å². The summed E-state index contributed by atoms with van der Waals surface area (Å²) in [6, 6.07) is -2.81. The van der Waals surface area contributed by atoms with Crippen molar-refractivity contribution < 1.29 is 24.3 Å². The summed E-state index contributed by atoms with van der Waals surface area (Å²) in [6.07, 6.45) is 13.3. The number of nitrogens with zero attached hydrogens (tertiary/aromatic N) is 2.